The van der Waals surface area contributed by atoms with E-state index in [-0.39, 0.29) is 12.5 Å². The number of hydrogen-bond donors (Lipinski definition) is 2. The second kappa shape index (κ2) is 4.23. The van der Waals surface area contributed by atoms with Crippen molar-refractivity contribution < 1.29 is 14.7 Å². The SMILES string of the molecule is CNC(=O)CN(C)C(C)(C)C(=O)O. The predicted molar refractivity (Wildman–Crippen MR) is 48.4 cm³/mol. The van der Waals surface area contributed by atoms with Crippen molar-refractivity contribution in [1.29, 1.82) is 0 Å². The van der Waals surface area contributed by atoms with Crippen LogP contribution >= 0.6 is 0 Å². The molecule has 0 aromatic heterocycles. The molecule has 5 heteroatoms. The Labute approximate surface area is 77.7 Å². The molecule has 0 aliphatic carbocycles. The fourth-order valence-electron chi connectivity index (χ4n) is 0.655. The molecule has 76 valence electrons. The average molecular weight is 188 g/mol. The number of rotatable bonds is 4. The highest BCUT2D eigenvalue weighted by Crippen LogP contribution is 2.11. The lowest BCUT2D eigenvalue weighted by atomic mass is 10.0. The van der Waals surface area contributed by atoms with Crippen LogP contribution in [0.15, 0.2) is 0 Å². The van der Waals surface area contributed by atoms with Gasteiger partial charge in [0.25, 0.3) is 0 Å². The summed E-state index contributed by atoms with van der Waals surface area (Å²) in [5.41, 5.74) is -1.02. The van der Waals surface area contributed by atoms with Gasteiger partial charge in [0.2, 0.25) is 5.91 Å². The number of carbonyl (C=O) groups is 2. The van der Waals surface area contributed by atoms with Crippen molar-refractivity contribution in [2.45, 2.75) is 19.4 Å². The number of nitrogens with zero attached hydrogens (tertiary/aromatic N) is 1. The van der Waals surface area contributed by atoms with Crippen molar-refractivity contribution in [2.24, 2.45) is 0 Å². The van der Waals surface area contributed by atoms with Crippen molar-refractivity contribution >= 4 is 11.9 Å². The van der Waals surface area contributed by atoms with Gasteiger partial charge in [-0.3, -0.25) is 14.5 Å². The van der Waals surface area contributed by atoms with Crippen LogP contribution < -0.4 is 5.32 Å². The number of aliphatic carboxylic acids is 1. The summed E-state index contributed by atoms with van der Waals surface area (Å²) in [7, 11) is 3.12. The number of carboxylic acids is 1. The van der Waals surface area contributed by atoms with Crippen LogP contribution in [0.3, 0.4) is 0 Å². The maximum atomic E-state index is 10.9. The molecule has 0 rings (SSSR count). The van der Waals surface area contributed by atoms with Crippen LogP contribution in [0.25, 0.3) is 0 Å². The zero-order valence-electron chi connectivity index (χ0n) is 8.42. The van der Waals surface area contributed by atoms with E-state index in [0.29, 0.717) is 0 Å². The maximum absolute atomic E-state index is 10.9. The largest absolute Gasteiger partial charge is 0.480 e. The minimum atomic E-state index is -1.02. The van der Waals surface area contributed by atoms with E-state index in [4.69, 9.17) is 5.11 Å². The van der Waals surface area contributed by atoms with E-state index in [2.05, 4.69) is 5.32 Å². The topological polar surface area (TPSA) is 69.6 Å². The van der Waals surface area contributed by atoms with E-state index in [1.54, 1.807) is 20.9 Å². The zero-order valence-corrected chi connectivity index (χ0v) is 8.42. The first-order valence-electron chi connectivity index (χ1n) is 3.97. The Morgan fingerprint density at radius 2 is 1.92 bits per heavy atom. The Morgan fingerprint density at radius 3 is 2.23 bits per heavy atom. The fourth-order valence-corrected chi connectivity index (χ4v) is 0.655. The highest BCUT2D eigenvalue weighted by Gasteiger charge is 2.32. The third-order valence-corrected chi connectivity index (χ3v) is 2.14. The minimum Gasteiger partial charge on any atom is -0.480 e. The summed E-state index contributed by atoms with van der Waals surface area (Å²) in [6, 6.07) is 0. The third-order valence-electron chi connectivity index (χ3n) is 2.14. The summed E-state index contributed by atoms with van der Waals surface area (Å²) in [5.74, 6) is -1.14. The zero-order chi connectivity index (χ0) is 10.6. The third kappa shape index (κ3) is 3.02. The smallest absolute Gasteiger partial charge is 0.323 e. The molecule has 1 amide bonds. The quantitative estimate of drug-likeness (QED) is 0.625. The van der Waals surface area contributed by atoms with Gasteiger partial charge in [-0.15, -0.1) is 0 Å². The molecule has 0 heterocycles. The van der Waals surface area contributed by atoms with Crippen molar-refractivity contribution in [3.63, 3.8) is 0 Å². The molecule has 0 unspecified atom stereocenters. The van der Waals surface area contributed by atoms with Crippen LogP contribution in [0, 0.1) is 0 Å². The van der Waals surface area contributed by atoms with Crippen molar-refractivity contribution in [2.75, 3.05) is 20.6 Å². The molecule has 0 saturated carbocycles. The van der Waals surface area contributed by atoms with Gasteiger partial charge < -0.3 is 10.4 Å². The lowest BCUT2D eigenvalue weighted by Crippen LogP contribution is -2.51. The molecule has 0 atom stereocenters. The highest BCUT2D eigenvalue weighted by atomic mass is 16.4. The Morgan fingerprint density at radius 1 is 1.46 bits per heavy atom. The van der Waals surface area contributed by atoms with E-state index < -0.39 is 11.5 Å². The fraction of sp³-hybridized carbons (Fsp3) is 0.750. The van der Waals surface area contributed by atoms with Gasteiger partial charge in [-0.2, -0.15) is 0 Å². The monoisotopic (exact) mass is 188 g/mol. The second-order valence-electron chi connectivity index (χ2n) is 3.39. The lowest BCUT2D eigenvalue weighted by Gasteiger charge is -2.30. The Bertz CT molecular complexity index is 213. The normalized spacial score (nSPS) is 11.5. The highest BCUT2D eigenvalue weighted by molar-refractivity contribution is 5.81. The number of amides is 1. The minimum absolute atomic E-state index is 0.0792. The predicted octanol–water partition coefficient (Wildman–Crippen LogP) is -0.473. The van der Waals surface area contributed by atoms with Crippen LogP contribution in [0.4, 0.5) is 0 Å². The van der Waals surface area contributed by atoms with Crippen molar-refractivity contribution in [1.82, 2.24) is 10.2 Å². The summed E-state index contributed by atoms with van der Waals surface area (Å²) in [5, 5.41) is 11.3. The summed E-state index contributed by atoms with van der Waals surface area (Å²) in [6.45, 7) is 3.19. The number of carboxylic acid groups (broad SMARTS) is 1. The van der Waals surface area contributed by atoms with Crippen molar-refractivity contribution in [3.05, 3.63) is 0 Å². The van der Waals surface area contributed by atoms with Crippen LogP contribution in [-0.2, 0) is 9.59 Å². The van der Waals surface area contributed by atoms with Crippen LogP contribution in [-0.4, -0.2) is 48.1 Å². The molecule has 13 heavy (non-hydrogen) atoms. The summed E-state index contributed by atoms with van der Waals surface area (Å²) in [6.07, 6.45) is 0. The van der Waals surface area contributed by atoms with Crippen LogP contribution in [0.1, 0.15) is 13.8 Å². The first kappa shape index (κ1) is 11.9. The molecule has 0 saturated heterocycles. The van der Waals surface area contributed by atoms with E-state index in [9.17, 15) is 9.59 Å². The number of likely N-dealkylation sites (N-methyl/N-ethyl adjacent to an activating group) is 2. The van der Waals surface area contributed by atoms with Gasteiger partial charge >= 0.3 is 5.97 Å². The van der Waals surface area contributed by atoms with Gasteiger partial charge in [0, 0.05) is 7.05 Å². The molecule has 0 aliphatic heterocycles. The first-order chi connectivity index (χ1) is 5.82. The van der Waals surface area contributed by atoms with E-state index in [0.717, 1.165) is 0 Å². The van der Waals surface area contributed by atoms with E-state index >= 15 is 0 Å². The molecule has 0 aromatic carbocycles. The second-order valence-corrected chi connectivity index (χ2v) is 3.39. The molecule has 0 bridgehead atoms. The van der Waals surface area contributed by atoms with Crippen LogP contribution in [0.2, 0.25) is 0 Å². The molecular weight excluding hydrogens is 172 g/mol. The van der Waals surface area contributed by atoms with Gasteiger partial charge in [-0.1, -0.05) is 0 Å². The molecule has 0 spiro atoms. The molecule has 0 radical (unpaired) electrons. The Balaban J connectivity index is 4.33. The number of hydrogen-bond acceptors (Lipinski definition) is 3. The molecule has 0 aliphatic rings. The summed E-state index contributed by atoms with van der Waals surface area (Å²) >= 11 is 0. The van der Waals surface area contributed by atoms with E-state index in [1.807, 2.05) is 0 Å². The van der Waals surface area contributed by atoms with Gasteiger partial charge in [0.1, 0.15) is 5.54 Å². The summed E-state index contributed by atoms with van der Waals surface area (Å²) in [4.78, 5) is 23.2. The van der Waals surface area contributed by atoms with Gasteiger partial charge in [-0.05, 0) is 20.9 Å². The first-order valence-corrected chi connectivity index (χ1v) is 3.97. The number of carbonyl (C=O) groups excluding carboxylic acids is 1. The summed E-state index contributed by atoms with van der Waals surface area (Å²) < 4.78 is 0. The number of nitrogens with one attached hydrogen (secondary N) is 1. The lowest BCUT2D eigenvalue weighted by molar-refractivity contribution is -0.149. The van der Waals surface area contributed by atoms with Gasteiger partial charge in [0.15, 0.2) is 0 Å². The molecule has 2 N–H and O–H groups in total. The standard InChI is InChI=1S/C8H16N2O3/c1-8(2,7(12)13)10(4)5-6(11)9-3/h5H2,1-4H3,(H,9,11)(H,12,13). The molecule has 0 fully saturated rings. The van der Waals surface area contributed by atoms with Crippen LogP contribution in [0.5, 0.6) is 0 Å². The maximum Gasteiger partial charge on any atom is 0.323 e. The molecule has 0 aromatic rings. The Hall–Kier alpha value is -1.10. The van der Waals surface area contributed by atoms with Gasteiger partial charge in [0.05, 0.1) is 6.54 Å². The van der Waals surface area contributed by atoms with Crippen molar-refractivity contribution in [3.8, 4) is 0 Å². The average Bonchev–Trinajstić information content (AvgIpc) is 2.03. The van der Waals surface area contributed by atoms with E-state index in [1.165, 1.54) is 11.9 Å². The molecule has 5 nitrogen and oxygen atoms in total. The van der Waals surface area contributed by atoms with Gasteiger partial charge in [-0.25, -0.2) is 0 Å². The molecular formula is C8H16N2O3. The Kier molecular flexibility index (Phi) is 3.87.